The van der Waals surface area contributed by atoms with Gasteiger partial charge in [-0.3, -0.25) is 9.59 Å². The molecule has 1 N–H and O–H groups in total. The number of anilines is 1. The van der Waals surface area contributed by atoms with Crippen LogP contribution < -0.4 is 10.2 Å². The van der Waals surface area contributed by atoms with E-state index >= 15 is 0 Å². The maximum atomic E-state index is 12.3. The minimum Gasteiger partial charge on any atom is -0.353 e. The summed E-state index contributed by atoms with van der Waals surface area (Å²) in [6, 6.07) is 7.55. The molecular formula is C16H19ClN2O2. The van der Waals surface area contributed by atoms with Gasteiger partial charge in [-0.25, -0.2) is 0 Å². The molecule has 21 heavy (non-hydrogen) atoms. The Bertz CT molecular complexity index is 555. The van der Waals surface area contributed by atoms with Crippen molar-refractivity contribution in [1.29, 1.82) is 0 Å². The van der Waals surface area contributed by atoms with E-state index < -0.39 is 0 Å². The third-order valence-electron chi connectivity index (χ3n) is 4.34. The van der Waals surface area contributed by atoms with Crippen LogP contribution in [0.2, 0.25) is 5.02 Å². The lowest BCUT2D eigenvalue weighted by Gasteiger charge is -2.19. The van der Waals surface area contributed by atoms with E-state index in [0.29, 0.717) is 23.3 Å². The lowest BCUT2D eigenvalue weighted by Crippen LogP contribution is -2.38. The van der Waals surface area contributed by atoms with E-state index in [4.69, 9.17) is 11.6 Å². The molecule has 1 heterocycles. The summed E-state index contributed by atoms with van der Waals surface area (Å²) < 4.78 is 0. The molecule has 112 valence electrons. The molecule has 2 aliphatic rings. The topological polar surface area (TPSA) is 49.4 Å². The molecule has 1 aliphatic heterocycles. The Morgan fingerprint density at radius 1 is 1.24 bits per heavy atom. The fourth-order valence-electron chi connectivity index (χ4n) is 3.18. The largest absolute Gasteiger partial charge is 0.353 e. The van der Waals surface area contributed by atoms with E-state index in [-0.39, 0.29) is 24.2 Å². The second-order valence-corrected chi connectivity index (χ2v) is 6.25. The highest BCUT2D eigenvalue weighted by atomic mass is 35.5. The first kappa shape index (κ1) is 14.4. The lowest BCUT2D eigenvalue weighted by molar-refractivity contribution is -0.126. The molecule has 1 unspecified atom stereocenters. The van der Waals surface area contributed by atoms with E-state index in [1.54, 1.807) is 11.0 Å². The normalized spacial score (nSPS) is 22.8. The van der Waals surface area contributed by atoms with Crippen molar-refractivity contribution in [2.75, 3.05) is 11.4 Å². The van der Waals surface area contributed by atoms with Gasteiger partial charge in [0.15, 0.2) is 0 Å². The first-order valence-electron chi connectivity index (χ1n) is 7.50. The number of nitrogens with one attached hydrogen (secondary N) is 1. The first-order chi connectivity index (χ1) is 10.1. The number of para-hydroxylation sites is 1. The number of nitrogens with zero attached hydrogens (tertiary/aromatic N) is 1. The van der Waals surface area contributed by atoms with Crippen LogP contribution in [0, 0.1) is 5.92 Å². The molecule has 0 aromatic heterocycles. The lowest BCUT2D eigenvalue weighted by atomic mass is 10.1. The van der Waals surface area contributed by atoms with Crippen LogP contribution in [0.1, 0.15) is 32.1 Å². The van der Waals surface area contributed by atoms with Crippen molar-refractivity contribution in [2.24, 2.45) is 5.92 Å². The smallest absolute Gasteiger partial charge is 0.227 e. The summed E-state index contributed by atoms with van der Waals surface area (Å²) in [5.41, 5.74) is 0.695. The number of carbonyl (C=O) groups excluding carboxylic acids is 2. The molecule has 0 bridgehead atoms. The van der Waals surface area contributed by atoms with Crippen molar-refractivity contribution in [2.45, 2.75) is 38.1 Å². The summed E-state index contributed by atoms with van der Waals surface area (Å²) in [4.78, 5) is 26.1. The monoisotopic (exact) mass is 306 g/mol. The van der Waals surface area contributed by atoms with Crippen molar-refractivity contribution in [3.05, 3.63) is 29.3 Å². The average molecular weight is 307 g/mol. The predicted octanol–water partition coefficient (Wildman–Crippen LogP) is 2.75. The number of hydrogen-bond donors (Lipinski definition) is 1. The predicted molar refractivity (Wildman–Crippen MR) is 82.3 cm³/mol. The summed E-state index contributed by atoms with van der Waals surface area (Å²) >= 11 is 6.14. The van der Waals surface area contributed by atoms with Gasteiger partial charge in [0.1, 0.15) is 0 Å². The van der Waals surface area contributed by atoms with Gasteiger partial charge in [0.25, 0.3) is 0 Å². The second kappa shape index (κ2) is 6.06. The fraction of sp³-hybridized carbons (Fsp3) is 0.500. The minimum absolute atomic E-state index is 0.00445. The summed E-state index contributed by atoms with van der Waals surface area (Å²) in [7, 11) is 0. The zero-order chi connectivity index (χ0) is 14.8. The van der Waals surface area contributed by atoms with Crippen LogP contribution in [0.3, 0.4) is 0 Å². The van der Waals surface area contributed by atoms with Crippen LogP contribution in [-0.4, -0.2) is 24.4 Å². The fourth-order valence-corrected chi connectivity index (χ4v) is 3.41. The summed E-state index contributed by atoms with van der Waals surface area (Å²) in [5.74, 6) is -0.297. The number of halogens is 1. The summed E-state index contributed by atoms with van der Waals surface area (Å²) in [6.07, 6.45) is 4.74. The molecule has 0 spiro atoms. The van der Waals surface area contributed by atoms with Crippen molar-refractivity contribution < 1.29 is 9.59 Å². The molecule has 5 heteroatoms. The van der Waals surface area contributed by atoms with Crippen molar-refractivity contribution >= 4 is 29.1 Å². The summed E-state index contributed by atoms with van der Waals surface area (Å²) in [6.45, 7) is 0.418. The minimum atomic E-state index is -0.269. The summed E-state index contributed by atoms with van der Waals surface area (Å²) in [5, 5.41) is 3.62. The van der Waals surface area contributed by atoms with Crippen LogP contribution in [0.5, 0.6) is 0 Å². The third-order valence-corrected chi connectivity index (χ3v) is 4.66. The van der Waals surface area contributed by atoms with Gasteiger partial charge in [-0.05, 0) is 25.0 Å². The van der Waals surface area contributed by atoms with Gasteiger partial charge in [0, 0.05) is 19.0 Å². The molecule has 2 fully saturated rings. The van der Waals surface area contributed by atoms with Crippen LogP contribution in [-0.2, 0) is 9.59 Å². The highest BCUT2D eigenvalue weighted by molar-refractivity contribution is 6.33. The molecule has 0 radical (unpaired) electrons. The van der Waals surface area contributed by atoms with Crippen molar-refractivity contribution in [3.63, 3.8) is 0 Å². The van der Waals surface area contributed by atoms with Gasteiger partial charge in [0.2, 0.25) is 11.8 Å². The Labute approximate surface area is 129 Å². The molecule has 1 atom stereocenters. The van der Waals surface area contributed by atoms with Crippen molar-refractivity contribution in [3.8, 4) is 0 Å². The maximum Gasteiger partial charge on any atom is 0.227 e. The second-order valence-electron chi connectivity index (χ2n) is 5.85. The standard InChI is InChI=1S/C16H19ClN2O2/c17-13-7-3-4-8-14(13)19-10-11(9-15(19)20)16(21)18-12-5-1-2-6-12/h3-4,7-8,11-12H,1-2,5-6,9-10H2,(H,18,21). The number of rotatable bonds is 3. The van der Waals surface area contributed by atoms with Crippen LogP contribution in [0.15, 0.2) is 24.3 Å². The zero-order valence-electron chi connectivity index (χ0n) is 11.8. The first-order valence-corrected chi connectivity index (χ1v) is 7.88. The van der Waals surface area contributed by atoms with Crippen LogP contribution in [0.4, 0.5) is 5.69 Å². The van der Waals surface area contributed by atoms with Crippen LogP contribution >= 0.6 is 11.6 Å². The molecule has 1 saturated carbocycles. The molecule has 2 amide bonds. The Morgan fingerprint density at radius 3 is 2.67 bits per heavy atom. The van der Waals surface area contributed by atoms with Crippen LogP contribution in [0.25, 0.3) is 0 Å². The number of carbonyl (C=O) groups is 2. The number of amides is 2. The Kier molecular flexibility index (Phi) is 4.15. The Hall–Kier alpha value is -1.55. The van der Waals surface area contributed by atoms with E-state index in [2.05, 4.69) is 5.32 Å². The van der Waals surface area contributed by atoms with Gasteiger partial charge >= 0.3 is 0 Å². The highest BCUT2D eigenvalue weighted by Gasteiger charge is 2.36. The Balaban J connectivity index is 1.67. The van der Waals surface area contributed by atoms with E-state index in [1.807, 2.05) is 18.2 Å². The molecule has 3 rings (SSSR count). The molecule has 1 aromatic rings. The van der Waals surface area contributed by atoms with Gasteiger partial charge in [-0.1, -0.05) is 36.6 Å². The molecule has 1 saturated heterocycles. The molecule has 1 aromatic carbocycles. The van der Waals surface area contributed by atoms with Crippen molar-refractivity contribution in [1.82, 2.24) is 5.32 Å². The molecule has 4 nitrogen and oxygen atoms in total. The molecule has 1 aliphatic carbocycles. The van der Waals surface area contributed by atoms with Gasteiger partial charge in [-0.2, -0.15) is 0 Å². The van der Waals surface area contributed by atoms with E-state index in [1.165, 1.54) is 12.8 Å². The van der Waals surface area contributed by atoms with Gasteiger partial charge < -0.3 is 10.2 Å². The SMILES string of the molecule is O=C(NC1CCCC1)C1CC(=O)N(c2ccccc2Cl)C1. The number of hydrogen-bond acceptors (Lipinski definition) is 2. The highest BCUT2D eigenvalue weighted by Crippen LogP contribution is 2.31. The van der Waals surface area contributed by atoms with Gasteiger partial charge in [0.05, 0.1) is 16.6 Å². The quantitative estimate of drug-likeness (QED) is 0.933. The molecular weight excluding hydrogens is 288 g/mol. The maximum absolute atomic E-state index is 12.3. The zero-order valence-corrected chi connectivity index (χ0v) is 12.6. The van der Waals surface area contributed by atoms with Gasteiger partial charge in [-0.15, -0.1) is 0 Å². The van der Waals surface area contributed by atoms with E-state index in [9.17, 15) is 9.59 Å². The Morgan fingerprint density at radius 2 is 1.95 bits per heavy atom. The third kappa shape index (κ3) is 3.05. The van der Waals surface area contributed by atoms with E-state index in [0.717, 1.165) is 12.8 Å². The average Bonchev–Trinajstić information content (AvgIpc) is 3.09. The number of benzene rings is 1.